The molecule has 104 valence electrons. The third kappa shape index (κ3) is 3.85. The second-order valence-corrected chi connectivity index (χ2v) is 4.68. The number of amides is 1. The Labute approximate surface area is 119 Å². The van der Waals surface area contributed by atoms with Crippen LogP contribution < -0.4 is 15.8 Å². The van der Waals surface area contributed by atoms with Gasteiger partial charge in [0.25, 0.3) is 0 Å². The van der Waals surface area contributed by atoms with Crippen LogP contribution in [0.4, 0.5) is 5.69 Å². The molecule has 0 aliphatic heterocycles. The van der Waals surface area contributed by atoms with Crippen LogP contribution in [-0.2, 0) is 4.79 Å². The molecule has 0 radical (unpaired) electrons. The molecular weight excluding hydrogens is 314 g/mol. The summed E-state index contributed by atoms with van der Waals surface area (Å²) >= 11 is 3.32. The van der Waals surface area contributed by atoms with Crippen LogP contribution in [0, 0.1) is 5.92 Å². The molecule has 0 spiro atoms. The molecule has 0 heterocycles. The van der Waals surface area contributed by atoms with E-state index in [-0.39, 0.29) is 11.7 Å². The summed E-state index contributed by atoms with van der Waals surface area (Å²) in [6.07, 6.45) is 0.440. The predicted molar refractivity (Wildman–Crippen MR) is 76.5 cm³/mol. The van der Waals surface area contributed by atoms with Gasteiger partial charge in [-0.2, -0.15) is 0 Å². The molecule has 0 aromatic heterocycles. The first-order valence-electron chi connectivity index (χ1n) is 5.65. The molecule has 19 heavy (non-hydrogen) atoms. The normalized spacial score (nSPS) is 12.9. The van der Waals surface area contributed by atoms with Crippen molar-refractivity contribution in [2.24, 2.45) is 16.8 Å². The lowest BCUT2D eigenvalue weighted by Gasteiger charge is -2.14. The summed E-state index contributed by atoms with van der Waals surface area (Å²) in [5.74, 6) is -0.500. The number of hydrogen-bond donors (Lipinski definition) is 3. The number of methoxy groups -OCH3 is 1. The average molecular weight is 330 g/mol. The summed E-state index contributed by atoms with van der Waals surface area (Å²) in [5, 5.41) is 14.2. The Morgan fingerprint density at radius 3 is 2.84 bits per heavy atom. The molecule has 0 saturated carbocycles. The Morgan fingerprint density at radius 2 is 2.32 bits per heavy atom. The van der Waals surface area contributed by atoms with Crippen LogP contribution in [0.25, 0.3) is 0 Å². The highest BCUT2D eigenvalue weighted by atomic mass is 79.9. The van der Waals surface area contributed by atoms with Gasteiger partial charge in [0.05, 0.1) is 17.5 Å². The predicted octanol–water partition coefficient (Wildman–Crippen LogP) is 2.17. The SMILES string of the molecule is CCC(C(=O)Nc1ccc(Br)c(OC)c1)/C(N)=N/O. The summed E-state index contributed by atoms with van der Waals surface area (Å²) in [5.41, 5.74) is 6.05. The zero-order valence-electron chi connectivity index (χ0n) is 10.7. The first-order valence-corrected chi connectivity index (χ1v) is 6.44. The molecule has 0 saturated heterocycles. The molecule has 1 amide bonds. The third-order valence-corrected chi connectivity index (χ3v) is 3.27. The van der Waals surface area contributed by atoms with Gasteiger partial charge < -0.3 is 21.0 Å². The Balaban J connectivity index is 2.87. The fraction of sp³-hybridized carbons (Fsp3) is 0.333. The van der Waals surface area contributed by atoms with Gasteiger partial charge >= 0.3 is 0 Å². The number of anilines is 1. The number of halogens is 1. The molecule has 0 bridgehead atoms. The number of amidine groups is 1. The number of oxime groups is 1. The average Bonchev–Trinajstić information content (AvgIpc) is 2.41. The Hall–Kier alpha value is -1.76. The molecule has 0 fully saturated rings. The van der Waals surface area contributed by atoms with Crippen molar-refractivity contribution < 1.29 is 14.7 Å². The van der Waals surface area contributed by atoms with Crippen molar-refractivity contribution in [3.05, 3.63) is 22.7 Å². The third-order valence-electron chi connectivity index (χ3n) is 2.62. The van der Waals surface area contributed by atoms with Crippen LogP contribution in [0.15, 0.2) is 27.8 Å². The fourth-order valence-corrected chi connectivity index (χ4v) is 1.97. The van der Waals surface area contributed by atoms with Gasteiger partial charge in [0, 0.05) is 11.8 Å². The van der Waals surface area contributed by atoms with Gasteiger partial charge in [0.15, 0.2) is 5.84 Å². The minimum Gasteiger partial charge on any atom is -0.495 e. The Morgan fingerprint density at radius 1 is 1.63 bits per heavy atom. The number of nitrogens with zero attached hydrogens (tertiary/aromatic N) is 1. The van der Waals surface area contributed by atoms with Gasteiger partial charge in [-0.05, 0) is 34.5 Å². The molecular formula is C12H16BrN3O3. The van der Waals surface area contributed by atoms with Crippen molar-refractivity contribution in [3.8, 4) is 5.75 Å². The van der Waals surface area contributed by atoms with Crippen LogP contribution in [0.5, 0.6) is 5.75 Å². The summed E-state index contributed by atoms with van der Waals surface area (Å²) in [7, 11) is 1.54. The van der Waals surface area contributed by atoms with Gasteiger partial charge in [0.1, 0.15) is 5.75 Å². The van der Waals surface area contributed by atoms with Crippen molar-refractivity contribution in [1.29, 1.82) is 0 Å². The van der Waals surface area contributed by atoms with E-state index in [2.05, 4.69) is 26.4 Å². The molecule has 4 N–H and O–H groups in total. The largest absolute Gasteiger partial charge is 0.495 e. The van der Waals surface area contributed by atoms with Gasteiger partial charge in [-0.3, -0.25) is 4.79 Å². The highest BCUT2D eigenvalue weighted by Crippen LogP contribution is 2.28. The first kappa shape index (κ1) is 15.3. The summed E-state index contributed by atoms with van der Waals surface area (Å²) in [6.45, 7) is 1.78. The first-order chi connectivity index (χ1) is 9.03. The van der Waals surface area contributed by atoms with Crippen LogP contribution in [0.2, 0.25) is 0 Å². The van der Waals surface area contributed by atoms with Gasteiger partial charge in [-0.15, -0.1) is 0 Å². The number of rotatable bonds is 5. The van der Waals surface area contributed by atoms with Crippen LogP contribution in [0.1, 0.15) is 13.3 Å². The van der Waals surface area contributed by atoms with E-state index in [0.29, 0.717) is 17.9 Å². The van der Waals surface area contributed by atoms with Crippen LogP contribution in [0.3, 0.4) is 0 Å². The molecule has 7 heteroatoms. The lowest BCUT2D eigenvalue weighted by molar-refractivity contribution is -0.118. The number of nitrogens with one attached hydrogen (secondary N) is 1. The van der Waals surface area contributed by atoms with Crippen molar-refractivity contribution in [2.75, 3.05) is 12.4 Å². The van der Waals surface area contributed by atoms with Crippen LogP contribution >= 0.6 is 15.9 Å². The number of hydrogen-bond acceptors (Lipinski definition) is 4. The van der Waals surface area contributed by atoms with E-state index in [1.54, 1.807) is 25.1 Å². The van der Waals surface area contributed by atoms with E-state index in [4.69, 9.17) is 15.7 Å². The molecule has 1 rings (SSSR count). The highest BCUT2D eigenvalue weighted by Gasteiger charge is 2.21. The van der Waals surface area contributed by atoms with E-state index in [1.807, 2.05) is 0 Å². The van der Waals surface area contributed by atoms with Gasteiger partial charge in [-0.1, -0.05) is 12.1 Å². The zero-order chi connectivity index (χ0) is 14.4. The maximum atomic E-state index is 12.0. The minimum atomic E-state index is -0.667. The number of carbonyl (C=O) groups excluding carboxylic acids is 1. The van der Waals surface area contributed by atoms with Gasteiger partial charge in [-0.25, -0.2) is 0 Å². The minimum absolute atomic E-state index is 0.107. The van der Waals surface area contributed by atoms with E-state index in [1.165, 1.54) is 7.11 Å². The number of ether oxygens (including phenoxy) is 1. The molecule has 1 aromatic rings. The number of carbonyl (C=O) groups is 1. The van der Waals surface area contributed by atoms with Crippen molar-refractivity contribution in [3.63, 3.8) is 0 Å². The fourth-order valence-electron chi connectivity index (χ4n) is 1.57. The van der Waals surface area contributed by atoms with E-state index in [0.717, 1.165) is 4.47 Å². The summed E-state index contributed by atoms with van der Waals surface area (Å²) in [4.78, 5) is 12.0. The number of benzene rings is 1. The summed E-state index contributed by atoms with van der Waals surface area (Å²) < 4.78 is 5.92. The maximum absolute atomic E-state index is 12.0. The van der Waals surface area contributed by atoms with Crippen molar-refractivity contribution in [1.82, 2.24) is 0 Å². The van der Waals surface area contributed by atoms with E-state index < -0.39 is 5.92 Å². The zero-order valence-corrected chi connectivity index (χ0v) is 12.3. The van der Waals surface area contributed by atoms with Crippen molar-refractivity contribution >= 4 is 33.4 Å². The van der Waals surface area contributed by atoms with Crippen molar-refractivity contribution in [2.45, 2.75) is 13.3 Å². The maximum Gasteiger partial charge on any atom is 0.235 e. The lowest BCUT2D eigenvalue weighted by atomic mass is 10.0. The topological polar surface area (TPSA) is 96.9 Å². The molecule has 0 aliphatic rings. The second kappa shape index (κ2) is 6.98. The molecule has 0 aliphatic carbocycles. The Bertz CT molecular complexity index is 491. The van der Waals surface area contributed by atoms with Gasteiger partial charge in [0.2, 0.25) is 5.91 Å². The molecule has 6 nitrogen and oxygen atoms in total. The highest BCUT2D eigenvalue weighted by molar-refractivity contribution is 9.10. The second-order valence-electron chi connectivity index (χ2n) is 3.82. The van der Waals surface area contributed by atoms with E-state index >= 15 is 0 Å². The summed E-state index contributed by atoms with van der Waals surface area (Å²) in [6, 6.07) is 5.17. The molecule has 1 aromatic carbocycles. The lowest BCUT2D eigenvalue weighted by Crippen LogP contribution is -2.34. The monoisotopic (exact) mass is 329 g/mol. The number of nitrogens with two attached hydrogens (primary N) is 1. The Kier molecular flexibility index (Phi) is 5.62. The van der Waals surface area contributed by atoms with E-state index in [9.17, 15) is 4.79 Å². The smallest absolute Gasteiger partial charge is 0.235 e. The van der Waals surface area contributed by atoms with Crippen LogP contribution in [-0.4, -0.2) is 24.1 Å². The standard InChI is InChI=1S/C12H16BrN3O3/c1-3-8(11(14)16-18)12(17)15-7-4-5-9(13)10(6-7)19-2/h4-6,8,18H,3H2,1-2H3,(H2,14,16)(H,15,17). The molecule has 1 unspecified atom stereocenters. The quantitative estimate of drug-likeness (QED) is 0.334. The molecule has 1 atom stereocenters.